The number of nitrogens with zero attached hydrogens (tertiary/aromatic N) is 2. The van der Waals surface area contributed by atoms with Gasteiger partial charge in [0.25, 0.3) is 0 Å². The highest BCUT2D eigenvalue weighted by Gasteiger charge is 2.31. The molecule has 0 saturated heterocycles. The Morgan fingerprint density at radius 2 is 1.63 bits per heavy atom. The van der Waals surface area contributed by atoms with Gasteiger partial charge in [0.05, 0.1) is 12.2 Å². The summed E-state index contributed by atoms with van der Waals surface area (Å²) in [6, 6.07) is 6.72. The van der Waals surface area contributed by atoms with Gasteiger partial charge in [-0.2, -0.15) is 13.2 Å². The van der Waals surface area contributed by atoms with E-state index in [1.807, 2.05) is 0 Å². The first-order chi connectivity index (χ1) is 8.99. The third kappa shape index (κ3) is 3.41. The largest absolute Gasteiger partial charge is 0.419 e. The third-order valence-electron chi connectivity index (χ3n) is 2.37. The second-order valence-electron chi connectivity index (χ2n) is 3.77. The van der Waals surface area contributed by atoms with Crippen molar-refractivity contribution in [2.24, 2.45) is 0 Å². The molecule has 0 aliphatic carbocycles. The Kier molecular flexibility index (Phi) is 3.66. The van der Waals surface area contributed by atoms with Gasteiger partial charge in [-0.15, -0.1) is 0 Å². The van der Waals surface area contributed by atoms with Crippen LogP contribution >= 0.6 is 0 Å². The number of halogens is 3. The van der Waals surface area contributed by atoms with Crippen molar-refractivity contribution in [3.05, 3.63) is 47.8 Å². The monoisotopic (exact) mass is 269 g/mol. The van der Waals surface area contributed by atoms with E-state index >= 15 is 0 Å². The van der Waals surface area contributed by atoms with Crippen molar-refractivity contribution in [1.82, 2.24) is 9.97 Å². The van der Waals surface area contributed by atoms with Crippen LogP contribution in [0.25, 0.3) is 0 Å². The lowest BCUT2D eigenvalue weighted by Gasteiger charge is -2.08. The molecule has 0 spiro atoms. The van der Waals surface area contributed by atoms with E-state index in [4.69, 9.17) is 5.11 Å². The number of nitrogens with one attached hydrogen (secondary N) is 1. The second-order valence-corrected chi connectivity index (χ2v) is 3.77. The third-order valence-corrected chi connectivity index (χ3v) is 2.37. The number of aliphatic hydroxyl groups is 1. The van der Waals surface area contributed by atoms with E-state index in [1.165, 1.54) is 0 Å². The topological polar surface area (TPSA) is 58.0 Å². The highest BCUT2D eigenvalue weighted by atomic mass is 19.4. The molecule has 0 aliphatic heterocycles. The summed E-state index contributed by atoms with van der Waals surface area (Å²) in [5.41, 5.74) is 0.463. The first-order valence-corrected chi connectivity index (χ1v) is 5.35. The summed E-state index contributed by atoms with van der Waals surface area (Å²) in [4.78, 5) is 7.18. The summed E-state index contributed by atoms with van der Waals surface area (Å²) in [6.45, 7) is -0.0724. The fourth-order valence-corrected chi connectivity index (χ4v) is 1.36. The van der Waals surface area contributed by atoms with Gasteiger partial charge in [-0.1, -0.05) is 12.1 Å². The highest BCUT2D eigenvalue weighted by molar-refractivity contribution is 5.53. The van der Waals surface area contributed by atoms with Crippen molar-refractivity contribution < 1.29 is 18.3 Å². The molecule has 2 aromatic rings. The molecule has 19 heavy (non-hydrogen) atoms. The Balaban J connectivity index is 2.10. The van der Waals surface area contributed by atoms with Crippen LogP contribution in [0.1, 0.15) is 11.1 Å². The SMILES string of the molecule is OCc1ccc(Nc2ncc(C(F)(F)F)cn2)cc1. The normalized spacial score (nSPS) is 11.4. The smallest absolute Gasteiger partial charge is 0.392 e. The average molecular weight is 269 g/mol. The molecule has 0 amide bonds. The maximum absolute atomic E-state index is 12.3. The molecule has 0 unspecified atom stereocenters. The lowest BCUT2D eigenvalue weighted by molar-refractivity contribution is -0.138. The molecule has 2 rings (SSSR count). The van der Waals surface area contributed by atoms with Crippen LogP contribution in [0, 0.1) is 0 Å². The van der Waals surface area contributed by atoms with Crippen molar-refractivity contribution in [3.8, 4) is 0 Å². The number of hydrogen-bond donors (Lipinski definition) is 2. The Morgan fingerprint density at radius 3 is 2.11 bits per heavy atom. The van der Waals surface area contributed by atoms with Crippen LogP contribution in [-0.4, -0.2) is 15.1 Å². The quantitative estimate of drug-likeness (QED) is 0.899. The Bertz CT molecular complexity index is 538. The van der Waals surface area contributed by atoms with Gasteiger partial charge in [0.15, 0.2) is 0 Å². The fraction of sp³-hybridized carbons (Fsp3) is 0.167. The number of rotatable bonds is 3. The summed E-state index contributed by atoms with van der Waals surface area (Å²) >= 11 is 0. The van der Waals surface area contributed by atoms with Gasteiger partial charge in [-0.3, -0.25) is 0 Å². The predicted octanol–water partition coefficient (Wildman–Crippen LogP) is 2.73. The standard InChI is InChI=1S/C12H10F3N3O/c13-12(14,15)9-5-16-11(17-6-9)18-10-3-1-8(7-19)2-4-10/h1-6,19H,7H2,(H,16,17,18). The lowest BCUT2D eigenvalue weighted by Crippen LogP contribution is -2.07. The molecule has 0 fully saturated rings. The highest BCUT2D eigenvalue weighted by Crippen LogP contribution is 2.28. The number of aromatic nitrogens is 2. The van der Waals surface area contributed by atoms with Crippen LogP contribution in [0.2, 0.25) is 0 Å². The van der Waals surface area contributed by atoms with Crippen molar-refractivity contribution in [2.75, 3.05) is 5.32 Å². The average Bonchev–Trinajstić information content (AvgIpc) is 2.39. The molecule has 1 heterocycles. The first kappa shape index (κ1) is 13.3. The zero-order valence-electron chi connectivity index (χ0n) is 9.65. The molecule has 0 bridgehead atoms. The van der Waals surface area contributed by atoms with E-state index < -0.39 is 11.7 Å². The lowest BCUT2D eigenvalue weighted by atomic mass is 10.2. The second kappa shape index (κ2) is 5.23. The van der Waals surface area contributed by atoms with Crippen LogP contribution in [0.4, 0.5) is 24.8 Å². The van der Waals surface area contributed by atoms with Crippen molar-refractivity contribution in [1.29, 1.82) is 0 Å². The Labute approximate surface area is 106 Å². The molecule has 0 saturated carbocycles. The molecular weight excluding hydrogens is 259 g/mol. The summed E-state index contributed by atoms with van der Waals surface area (Å²) in [5.74, 6) is 0.0738. The Morgan fingerprint density at radius 1 is 1.05 bits per heavy atom. The van der Waals surface area contributed by atoms with Crippen molar-refractivity contribution in [2.45, 2.75) is 12.8 Å². The minimum atomic E-state index is -4.44. The summed E-state index contributed by atoms with van der Waals surface area (Å²) < 4.78 is 36.9. The van der Waals surface area contributed by atoms with E-state index in [0.29, 0.717) is 5.69 Å². The minimum Gasteiger partial charge on any atom is -0.392 e. The molecule has 0 atom stereocenters. The summed E-state index contributed by atoms with van der Waals surface area (Å²) in [5, 5.41) is 11.6. The van der Waals surface area contributed by atoms with E-state index in [1.54, 1.807) is 24.3 Å². The van der Waals surface area contributed by atoms with Gasteiger partial charge in [0.2, 0.25) is 5.95 Å². The maximum atomic E-state index is 12.3. The minimum absolute atomic E-state index is 0.0724. The van der Waals surface area contributed by atoms with E-state index in [-0.39, 0.29) is 12.6 Å². The molecule has 2 N–H and O–H groups in total. The number of alkyl halides is 3. The van der Waals surface area contributed by atoms with E-state index in [9.17, 15) is 13.2 Å². The van der Waals surface area contributed by atoms with Gasteiger partial charge in [0, 0.05) is 18.1 Å². The summed E-state index contributed by atoms with van der Waals surface area (Å²) in [7, 11) is 0. The number of anilines is 2. The molecule has 7 heteroatoms. The van der Waals surface area contributed by atoms with Crippen LogP contribution in [0.3, 0.4) is 0 Å². The van der Waals surface area contributed by atoms with Gasteiger partial charge in [0.1, 0.15) is 0 Å². The molecular formula is C12H10F3N3O. The van der Waals surface area contributed by atoms with Gasteiger partial charge in [-0.05, 0) is 17.7 Å². The van der Waals surface area contributed by atoms with Crippen LogP contribution < -0.4 is 5.32 Å². The number of benzene rings is 1. The van der Waals surface area contributed by atoms with Crippen molar-refractivity contribution in [3.63, 3.8) is 0 Å². The molecule has 0 aliphatic rings. The van der Waals surface area contributed by atoms with Gasteiger partial charge < -0.3 is 10.4 Å². The summed E-state index contributed by atoms with van der Waals surface area (Å²) in [6.07, 6.45) is -3.00. The molecule has 1 aromatic heterocycles. The first-order valence-electron chi connectivity index (χ1n) is 5.35. The number of hydrogen-bond acceptors (Lipinski definition) is 4. The van der Waals surface area contributed by atoms with E-state index in [0.717, 1.165) is 18.0 Å². The number of aliphatic hydroxyl groups excluding tert-OH is 1. The zero-order chi connectivity index (χ0) is 13.9. The molecule has 100 valence electrons. The van der Waals surface area contributed by atoms with Gasteiger partial charge in [-0.25, -0.2) is 9.97 Å². The predicted molar refractivity (Wildman–Crippen MR) is 62.7 cm³/mol. The Hall–Kier alpha value is -2.15. The van der Waals surface area contributed by atoms with E-state index in [2.05, 4.69) is 15.3 Å². The van der Waals surface area contributed by atoms with Crippen molar-refractivity contribution >= 4 is 11.6 Å². The fourth-order valence-electron chi connectivity index (χ4n) is 1.36. The van der Waals surface area contributed by atoms with Gasteiger partial charge >= 0.3 is 6.18 Å². The molecule has 4 nitrogen and oxygen atoms in total. The van der Waals surface area contributed by atoms with Crippen LogP contribution in [-0.2, 0) is 12.8 Å². The zero-order valence-corrected chi connectivity index (χ0v) is 9.65. The molecule has 0 radical (unpaired) electrons. The maximum Gasteiger partial charge on any atom is 0.419 e. The molecule has 1 aromatic carbocycles. The van der Waals surface area contributed by atoms with Crippen LogP contribution in [0.5, 0.6) is 0 Å². The van der Waals surface area contributed by atoms with Crippen LogP contribution in [0.15, 0.2) is 36.7 Å².